The molecule has 1 amide bonds. The van der Waals surface area contributed by atoms with E-state index in [-0.39, 0.29) is 17.5 Å². The Morgan fingerprint density at radius 3 is 3.00 bits per heavy atom. The van der Waals surface area contributed by atoms with Crippen molar-refractivity contribution in [1.29, 1.82) is 0 Å². The van der Waals surface area contributed by atoms with Crippen molar-refractivity contribution in [2.24, 2.45) is 5.73 Å². The van der Waals surface area contributed by atoms with Gasteiger partial charge in [0, 0.05) is 25.6 Å². The highest BCUT2D eigenvalue weighted by atomic mass is 16.6. The summed E-state index contributed by atoms with van der Waals surface area (Å²) >= 11 is 0. The van der Waals surface area contributed by atoms with E-state index in [1.807, 2.05) is 0 Å². The topological polar surface area (TPSA) is 117 Å². The predicted molar refractivity (Wildman–Crippen MR) is 69.6 cm³/mol. The van der Waals surface area contributed by atoms with E-state index in [0.29, 0.717) is 19.6 Å². The summed E-state index contributed by atoms with van der Waals surface area (Å²) in [5.74, 6) is -0.158. The fourth-order valence-corrected chi connectivity index (χ4v) is 2.04. The molecule has 108 valence electrons. The molecule has 1 atom stereocenters. The van der Waals surface area contributed by atoms with Crippen LogP contribution < -0.4 is 15.8 Å². The number of morpholine rings is 1. The minimum atomic E-state index is -1.08. The maximum atomic E-state index is 11.0. The normalized spacial score (nSPS) is 18.5. The molecule has 0 radical (unpaired) electrons. The third-order valence-electron chi connectivity index (χ3n) is 2.90. The number of carbonyl (C=O) groups is 1. The zero-order valence-corrected chi connectivity index (χ0v) is 10.7. The van der Waals surface area contributed by atoms with E-state index in [1.54, 1.807) is 6.07 Å². The van der Waals surface area contributed by atoms with Gasteiger partial charge in [0.25, 0.3) is 0 Å². The van der Waals surface area contributed by atoms with E-state index >= 15 is 0 Å². The second-order valence-corrected chi connectivity index (χ2v) is 4.38. The predicted octanol–water partition coefficient (Wildman–Crippen LogP) is 0.583. The molecule has 1 fully saturated rings. The fourth-order valence-electron chi connectivity index (χ4n) is 2.04. The summed E-state index contributed by atoms with van der Waals surface area (Å²) in [4.78, 5) is 21.1. The average Bonchev–Trinajstić information content (AvgIpc) is 2.41. The number of nitro groups is 1. The molecule has 0 spiro atoms. The van der Waals surface area contributed by atoms with Crippen LogP contribution in [0.4, 0.5) is 10.5 Å². The van der Waals surface area contributed by atoms with Crippen LogP contribution >= 0.6 is 0 Å². The van der Waals surface area contributed by atoms with Crippen molar-refractivity contribution in [3.8, 4) is 5.75 Å². The van der Waals surface area contributed by atoms with Crippen molar-refractivity contribution in [3.63, 3.8) is 0 Å². The molecule has 3 N–H and O–H groups in total. The number of hydrogen-bond donors (Lipinski definition) is 2. The van der Waals surface area contributed by atoms with Crippen LogP contribution in [0.5, 0.6) is 5.75 Å². The Balaban J connectivity index is 2.16. The fraction of sp³-hybridized carbons (Fsp3) is 0.417. The molecular formula is C12H15N3O5. The molecule has 8 heteroatoms. The van der Waals surface area contributed by atoms with Crippen LogP contribution in [0.3, 0.4) is 0 Å². The van der Waals surface area contributed by atoms with Crippen molar-refractivity contribution >= 4 is 11.8 Å². The summed E-state index contributed by atoms with van der Waals surface area (Å²) in [6, 6.07) is 4.40. The zero-order valence-electron chi connectivity index (χ0n) is 10.7. The molecule has 1 unspecified atom stereocenters. The molecule has 2 rings (SSSR count). The largest absolute Gasteiger partial charge is 0.410 e. The van der Waals surface area contributed by atoms with Crippen LogP contribution in [-0.4, -0.2) is 36.8 Å². The molecule has 0 bridgehead atoms. The van der Waals surface area contributed by atoms with E-state index in [0.717, 1.165) is 12.1 Å². The number of rotatable bonds is 4. The van der Waals surface area contributed by atoms with E-state index in [1.165, 1.54) is 12.1 Å². The van der Waals surface area contributed by atoms with Gasteiger partial charge in [-0.15, -0.1) is 0 Å². The lowest BCUT2D eigenvalue weighted by Gasteiger charge is -2.23. The first-order valence-corrected chi connectivity index (χ1v) is 6.13. The van der Waals surface area contributed by atoms with Crippen molar-refractivity contribution in [2.45, 2.75) is 12.5 Å². The third kappa shape index (κ3) is 3.65. The summed E-state index contributed by atoms with van der Waals surface area (Å²) in [6.45, 7) is 2.13. The molecule has 8 nitrogen and oxygen atoms in total. The quantitative estimate of drug-likeness (QED) is 0.616. The lowest BCUT2D eigenvalue weighted by molar-refractivity contribution is -0.385. The smallest absolute Gasteiger partial charge is 0.403 e. The molecule has 1 aromatic rings. The number of nitrogens with two attached hydrogens (primary N) is 1. The van der Waals surface area contributed by atoms with E-state index in [4.69, 9.17) is 10.5 Å². The van der Waals surface area contributed by atoms with Crippen molar-refractivity contribution in [2.75, 3.05) is 19.7 Å². The minimum Gasteiger partial charge on any atom is -0.403 e. The maximum Gasteiger partial charge on any atom is 0.410 e. The van der Waals surface area contributed by atoms with Gasteiger partial charge in [0.1, 0.15) is 0 Å². The van der Waals surface area contributed by atoms with Gasteiger partial charge in [0.05, 0.1) is 17.6 Å². The number of benzene rings is 1. The first-order chi connectivity index (χ1) is 9.56. The minimum absolute atomic E-state index is 0.0220. The number of hydrogen-bond acceptors (Lipinski definition) is 6. The molecule has 1 saturated heterocycles. The third-order valence-corrected chi connectivity index (χ3v) is 2.90. The van der Waals surface area contributed by atoms with Crippen molar-refractivity contribution in [1.82, 2.24) is 5.32 Å². The Labute approximate surface area is 115 Å². The summed E-state index contributed by atoms with van der Waals surface area (Å²) in [7, 11) is 0. The summed E-state index contributed by atoms with van der Waals surface area (Å²) < 4.78 is 10.1. The van der Waals surface area contributed by atoms with Gasteiger partial charge in [-0.3, -0.25) is 10.1 Å². The van der Waals surface area contributed by atoms with Gasteiger partial charge in [-0.1, -0.05) is 6.07 Å². The first-order valence-electron chi connectivity index (χ1n) is 6.13. The van der Waals surface area contributed by atoms with Gasteiger partial charge in [0.15, 0.2) is 0 Å². The highest BCUT2D eigenvalue weighted by Crippen LogP contribution is 2.28. The summed E-state index contributed by atoms with van der Waals surface area (Å²) in [5.41, 5.74) is 5.32. The number of nitro benzene ring substituents is 1. The molecule has 1 aliphatic heterocycles. The molecule has 1 aromatic carbocycles. The van der Waals surface area contributed by atoms with Crippen molar-refractivity contribution in [3.05, 3.63) is 33.9 Å². The lowest BCUT2D eigenvalue weighted by Crippen LogP contribution is -2.39. The lowest BCUT2D eigenvalue weighted by atomic mass is 10.1. The monoisotopic (exact) mass is 281 g/mol. The zero-order chi connectivity index (χ0) is 14.5. The van der Waals surface area contributed by atoms with Gasteiger partial charge in [0.2, 0.25) is 5.75 Å². The molecule has 0 saturated carbocycles. The van der Waals surface area contributed by atoms with Crippen LogP contribution in [0.2, 0.25) is 0 Å². The molecule has 0 aliphatic carbocycles. The van der Waals surface area contributed by atoms with Crippen molar-refractivity contribution < 1.29 is 19.2 Å². The second-order valence-electron chi connectivity index (χ2n) is 4.38. The van der Waals surface area contributed by atoms with Gasteiger partial charge in [-0.25, -0.2) is 4.79 Å². The van der Waals surface area contributed by atoms with E-state index in [9.17, 15) is 14.9 Å². The molecule has 1 aliphatic rings. The maximum absolute atomic E-state index is 11.0. The average molecular weight is 281 g/mol. The van der Waals surface area contributed by atoms with Crippen LogP contribution in [0.25, 0.3) is 0 Å². The van der Waals surface area contributed by atoms with Gasteiger partial charge >= 0.3 is 11.8 Å². The number of ether oxygens (including phenoxy) is 2. The van der Waals surface area contributed by atoms with Crippen LogP contribution in [0, 0.1) is 10.1 Å². The molecule has 20 heavy (non-hydrogen) atoms. The van der Waals surface area contributed by atoms with Gasteiger partial charge in [-0.2, -0.15) is 0 Å². The van der Waals surface area contributed by atoms with Gasteiger partial charge in [-0.05, 0) is 11.6 Å². The number of nitrogens with zero attached hydrogens (tertiary/aromatic N) is 1. The van der Waals surface area contributed by atoms with Crippen LogP contribution in [-0.2, 0) is 11.2 Å². The number of carbonyl (C=O) groups excluding carboxylic acids is 1. The Bertz CT molecular complexity index is 514. The Morgan fingerprint density at radius 2 is 2.40 bits per heavy atom. The SMILES string of the molecule is NC(=O)Oc1ccc(CC2CNCCO2)cc1[N+](=O)[O-]. The summed E-state index contributed by atoms with van der Waals surface area (Å²) in [5, 5.41) is 14.2. The van der Waals surface area contributed by atoms with Gasteiger partial charge < -0.3 is 20.5 Å². The highest BCUT2D eigenvalue weighted by molar-refractivity contribution is 5.70. The molecule has 1 heterocycles. The number of amides is 1. The Kier molecular flexibility index (Phi) is 4.49. The standard InChI is InChI=1S/C12H15N3O5/c13-12(16)20-11-2-1-8(6-10(11)15(17)18)5-9-7-14-3-4-19-9/h1-2,6,9,14H,3-5,7H2,(H2,13,16). The van der Waals surface area contributed by atoms with E-state index in [2.05, 4.69) is 10.1 Å². The van der Waals surface area contributed by atoms with E-state index < -0.39 is 11.0 Å². The molecule has 0 aromatic heterocycles. The highest BCUT2D eigenvalue weighted by Gasteiger charge is 2.20. The second kappa shape index (κ2) is 6.31. The van der Waals surface area contributed by atoms with Crippen LogP contribution in [0.1, 0.15) is 5.56 Å². The molecular weight excluding hydrogens is 266 g/mol. The number of primary amides is 1. The van der Waals surface area contributed by atoms with Crippen LogP contribution in [0.15, 0.2) is 18.2 Å². The summed E-state index contributed by atoms with van der Waals surface area (Å²) in [6.07, 6.45) is -0.558. The number of nitrogens with one attached hydrogen (secondary N) is 1. The Hall–Kier alpha value is -2.19. The first kappa shape index (κ1) is 14.2. The Morgan fingerprint density at radius 1 is 1.60 bits per heavy atom.